The number of nitrogens with zero attached hydrogens (tertiary/aromatic N) is 1. The minimum atomic E-state index is 1.05. The SMILES string of the molecule is C=CC=N/C=C(\C)C=C. The van der Waals surface area contributed by atoms with Gasteiger partial charge in [-0.3, -0.25) is 4.99 Å². The molecule has 0 aromatic rings. The summed E-state index contributed by atoms with van der Waals surface area (Å²) in [4.78, 5) is 3.88. The van der Waals surface area contributed by atoms with E-state index in [1.54, 1.807) is 24.6 Å². The van der Waals surface area contributed by atoms with Crippen LogP contribution in [0, 0.1) is 0 Å². The maximum Gasteiger partial charge on any atom is 0.0296 e. The fraction of sp³-hybridized carbons (Fsp3) is 0.125. The Balaban J connectivity index is 3.81. The predicted molar refractivity (Wildman–Crippen MR) is 42.6 cm³/mol. The Kier molecular flexibility index (Phi) is 4.41. The van der Waals surface area contributed by atoms with Gasteiger partial charge in [0, 0.05) is 12.4 Å². The van der Waals surface area contributed by atoms with E-state index in [2.05, 4.69) is 18.2 Å². The van der Waals surface area contributed by atoms with Crippen molar-refractivity contribution in [1.29, 1.82) is 0 Å². The molecule has 0 saturated heterocycles. The maximum atomic E-state index is 3.88. The zero-order chi connectivity index (χ0) is 7.11. The van der Waals surface area contributed by atoms with Gasteiger partial charge in [0.05, 0.1) is 0 Å². The average Bonchev–Trinajstić information content (AvgIpc) is 1.89. The minimum absolute atomic E-state index is 1.05. The molecular formula is C8H11N. The van der Waals surface area contributed by atoms with Crippen molar-refractivity contribution in [3.63, 3.8) is 0 Å². The fourth-order valence-electron chi connectivity index (χ4n) is 0.274. The van der Waals surface area contributed by atoms with Gasteiger partial charge in [-0.2, -0.15) is 0 Å². The molecule has 0 fully saturated rings. The molecule has 0 heterocycles. The first-order valence-corrected chi connectivity index (χ1v) is 2.74. The number of hydrogen-bond donors (Lipinski definition) is 0. The largest absolute Gasteiger partial charge is 0.264 e. The van der Waals surface area contributed by atoms with Gasteiger partial charge in [-0.15, -0.1) is 0 Å². The van der Waals surface area contributed by atoms with Gasteiger partial charge in [-0.25, -0.2) is 0 Å². The molecule has 48 valence electrons. The molecule has 0 amide bonds. The van der Waals surface area contributed by atoms with Gasteiger partial charge in [0.15, 0.2) is 0 Å². The third-order valence-corrected chi connectivity index (χ3v) is 0.792. The van der Waals surface area contributed by atoms with Crippen molar-refractivity contribution in [2.24, 2.45) is 4.99 Å². The molecule has 0 rings (SSSR count). The Hall–Kier alpha value is -1.11. The molecule has 0 radical (unpaired) electrons. The van der Waals surface area contributed by atoms with Crippen molar-refractivity contribution < 1.29 is 0 Å². The zero-order valence-corrected chi connectivity index (χ0v) is 5.67. The molecule has 0 N–H and O–H groups in total. The lowest BCUT2D eigenvalue weighted by molar-refractivity contribution is 1.44. The van der Waals surface area contributed by atoms with E-state index in [0.29, 0.717) is 0 Å². The summed E-state index contributed by atoms with van der Waals surface area (Å²) < 4.78 is 0. The van der Waals surface area contributed by atoms with E-state index in [1.807, 2.05) is 6.92 Å². The van der Waals surface area contributed by atoms with Crippen LogP contribution in [0.1, 0.15) is 6.92 Å². The third kappa shape index (κ3) is 4.75. The molecule has 0 unspecified atom stereocenters. The van der Waals surface area contributed by atoms with Crippen LogP contribution < -0.4 is 0 Å². The molecule has 0 spiro atoms. The summed E-state index contributed by atoms with van der Waals surface area (Å²) in [5, 5.41) is 0. The van der Waals surface area contributed by atoms with E-state index in [1.165, 1.54) is 0 Å². The highest BCUT2D eigenvalue weighted by Crippen LogP contribution is 1.90. The Morgan fingerprint density at radius 2 is 2.11 bits per heavy atom. The maximum absolute atomic E-state index is 3.88. The second kappa shape index (κ2) is 5.04. The quantitative estimate of drug-likeness (QED) is 0.401. The van der Waals surface area contributed by atoms with Crippen LogP contribution in [-0.2, 0) is 0 Å². The van der Waals surface area contributed by atoms with Gasteiger partial charge < -0.3 is 0 Å². The predicted octanol–water partition coefficient (Wildman–Crippen LogP) is 2.33. The van der Waals surface area contributed by atoms with Crippen LogP contribution in [0.3, 0.4) is 0 Å². The van der Waals surface area contributed by atoms with Crippen LogP contribution in [0.2, 0.25) is 0 Å². The van der Waals surface area contributed by atoms with E-state index in [9.17, 15) is 0 Å². The molecule has 0 aliphatic rings. The first-order chi connectivity index (χ1) is 4.31. The molecule has 0 aromatic carbocycles. The highest BCUT2D eigenvalue weighted by Gasteiger charge is 1.71. The van der Waals surface area contributed by atoms with Crippen molar-refractivity contribution in [2.45, 2.75) is 6.92 Å². The molecule has 0 aliphatic heterocycles. The summed E-state index contributed by atoms with van der Waals surface area (Å²) >= 11 is 0. The molecule has 1 heteroatoms. The van der Waals surface area contributed by atoms with Crippen molar-refractivity contribution in [1.82, 2.24) is 0 Å². The molecule has 0 aromatic heterocycles. The van der Waals surface area contributed by atoms with Crippen LogP contribution >= 0.6 is 0 Å². The highest BCUT2D eigenvalue weighted by molar-refractivity contribution is 5.70. The normalized spacial score (nSPS) is 11.9. The minimum Gasteiger partial charge on any atom is -0.264 e. The summed E-state index contributed by atoms with van der Waals surface area (Å²) in [7, 11) is 0. The summed E-state index contributed by atoms with van der Waals surface area (Å²) in [6.45, 7) is 8.99. The molecule has 0 saturated carbocycles. The smallest absolute Gasteiger partial charge is 0.0296 e. The van der Waals surface area contributed by atoms with E-state index in [0.717, 1.165) is 5.57 Å². The van der Waals surface area contributed by atoms with Crippen LogP contribution in [0.5, 0.6) is 0 Å². The van der Waals surface area contributed by atoms with Gasteiger partial charge in [-0.1, -0.05) is 25.3 Å². The monoisotopic (exact) mass is 121 g/mol. The first kappa shape index (κ1) is 7.89. The summed E-state index contributed by atoms with van der Waals surface area (Å²) in [6, 6.07) is 0. The Morgan fingerprint density at radius 3 is 2.56 bits per heavy atom. The lowest BCUT2D eigenvalue weighted by Gasteiger charge is -1.81. The highest BCUT2D eigenvalue weighted by atomic mass is 14.7. The molecule has 0 atom stereocenters. The lowest BCUT2D eigenvalue weighted by Crippen LogP contribution is -1.63. The first-order valence-electron chi connectivity index (χ1n) is 2.74. The Labute approximate surface area is 56.1 Å². The van der Waals surface area contributed by atoms with Gasteiger partial charge >= 0.3 is 0 Å². The van der Waals surface area contributed by atoms with Crippen LogP contribution in [0.4, 0.5) is 0 Å². The Morgan fingerprint density at radius 1 is 1.44 bits per heavy atom. The van der Waals surface area contributed by atoms with Gasteiger partial charge in [0.25, 0.3) is 0 Å². The Bertz CT molecular complexity index is 152. The topological polar surface area (TPSA) is 12.4 Å². The molecule has 9 heavy (non-hydrogen) atoms. The van der Waals surface area contributed by atoms with E-state index in [-0.39, 0.29) is 0 Å². The van der Waals surface area contributed by atoms with Gasteiger partial charge in [0.2, 0.25) is 0 Å². The van der Waals surface area contributed by atoms with Crippen molar-refractivity contribution in [3.05, 3.63) is 37.1 Å². The second-order valence-corrected chi connectivity index (χ2v) is 1.61. The fourth-order valence-corrected chi connectivity index (χ4v) is 0.274. The molecule has 1 nitrogen and oxygen atoms in total. The van der Waals surface area contributed by atoms with E-state index >= 15 is 0 Å². The molecule has 0 aliphatic carbocycles. The van der Waals surface area contributed by atoms with E-state index < -0.39 is 0 Å². The summed E-state index contributed by atoms with van der Waals surface area (Å²) in [5.41, 5.74) is 1.05. The second-order valence-electron chi connectivity index (χ2n) is 1.61. The number of hydrogen-bond acceptors (Lipinski definition) is 1. The number of rotatable bonds is 3. The van der Waals surface area contributed by atoms with Gasteiger partial charge in [-0.05, 0) is 12.5 Å². The zero-order valence-electron chi connectivity index (χ0n) is 5.67. The molecular weight excluding hydrogens is 110 g/mol. The van der Waals surface area contributed by atoms with Crippen LogP contribution in [0.25, 0.3) is 0 Å². The lowest BCUT2D eigenvalue weighted by atomic mass is 10.3. The van der Waals surface area contributed by atoms with Crippen LogP contribution in [-0.4, -0.2) is 6.21 Å². The number of allylic oxidation sites excluding steroid dienone is 3. The number of aliphatic imine (C=N–C) groups is 1. The molecule has 0 bridgehead atoms. The van der Waals surface area contributed by atoms with E-state index in [4.69, 9.17) is 0 Å². The summed E-state index contributed by atoms with van der Waals surface area (Å²) in [6.07, 6.45) is 6.75. The standard InChI is InChI=1S/C8H11N/c1-4-6-9-7-8(3)5-2/h4-7H,1-2H2,3H3/b8-7+,9-6?. The van der Waals surface area contributed by atoms with Crippen LogP contribution in [0.15, 0.2) is 42.1 Å². The average molecular weight is 121 g/mol. The summed E-state index contributed by atoms with van der Waals surface area (Å²) in [5.74, 6) is 0. The van der Waals surface area contributed by atoms with Crippen molar-refractivity contribution in [2.75, 3.05) is 0 Å². The van der Waals surface area contributed by atoms with Crippen molar-refractivity contribution >= 4 is 6.21 Å². The third-order valence-electron chi connectivity index (χ3n) is 0.792. The van der Waals surface area contributed by atoms with Crippen molar-refractivity contribution in [3.8, 4) is 0 Å². The van der Waals surface area contributed by atoms with Gasteiger partial charge in [0.1, 0.15) is 0 Å².